The van der Waals surface area contributed by atoms with Crippen molar-refractivity contribution < 1.29 is 33.8 Å². The molecule has 0 spiro atoms. The van der Waals surface area contributed by atoms with Gasteiger partial charge in [0.05, 0.1) is 18.8 Å². The molecule has 0 bridgehead atoms. The van der Waals surface area contributed by atoms with Gasteiger partial charge in [0.25, 0.3) is 0 Å². The Morgan fingerprint density at radius 2 is 1.83 bits per heavy atom. The van der Waals surface area contributed by atoms with Gasteiger partial charge in [0, 0.05) is 6.42 Å². The van der Waals surface area contributed by atoms with Crippen LogP contribution in [0.15, 0.2) is 24.3 Å². The van der Waals surface area contributed by atoms with Crippen LogP contribution < -0.4 is 4.74 Å². The Morgan fingerprint density at radius 1 is 1.17 bits per heavy atom. The maximum Gasteiger partial charge on any atom is 0.373 e. The summed E-state index contributed by atoms with van der Waals surface area (Å²) < 4.78 is 9.65. The van der Waals surface area contributed by atoms with Crippen molar-refractivity contribution >= 4 is 34.8 Å². The molecule has 0 aliphatic heterocycles. The van der Waals surface area contributed by atoms with Gasteiger partial charge >= 0.3 is 17.2 Å². The van der Waals surface area contributed by atoms with Gasteiger partial charge in [-0.2, -0.15) is 0 Å². The first-order valence-corrected chi connectivity index (χ1v) is 7.53. The lowest BCUT2D eigenvalue weighted by Gasteiger charge is -2.11. The van der Waals surface area contributed by atoms with Crippen molar-refractivity contribution in [3.05, 3.63) is 29.8 Å². The molecule has 0 aliphatic rings. The minimum atomic E-state index is -1.08. The van der Waals surface area contributed by atoms with E-state index >= 15 is 0 Å². The topological polar surface area (TPSA) is 107 Å². The highest BCUT2D eigenvalue weighted by Crippen LogP contribution is 2.23. The number of carbonyl (C=O) groups excluding carboxylic acids is 3. The second kappa shape index (κ2) is 8.94. The number of esters is 1. The molecule has 0 fully saturated rings. The van der Waals surface area contributed by atoms with Crippen molar-refractivity contribution in [1.29, 1.82) is 0 Å². The summed E-state index contributed by atoms with van der Waals surface area (Å²) in [6, 6.07) is 6.05. The normalized spacial score (nSPS) is 11.4. The van der Waals surface area contributed by atoms with Crippen molar-refractivity contribution in [3.8, 4) is 5.75 Å². The van der Waals surface area contributed by atoms with Crippen LogP contribution in [-0.4, -0.2) is 40.5 Å². The standard InChI is InChI=1S/C15H16O7S/c1-9(11(16)7-8-13(17)18)23-15(20)22-12-6-4-3-5-10(12)14(19)21-2/h3-6,9H,7-8H2,1-2H3,(H,17,18). The molecule has 23 heavy (non-hydrogen) atoms. The van der Waals surface area contributed by atoms with E-state index in [1.165, 1.54) is 26.2 Å². The highest BCUT2D eigenvalue weighted by Gasteiger charge is 2.21. The number of aliphatic carboxylic acids is 1. The monoisotopic (exact) mass is 340 g/mol. The largest absolute Gasteiger partial charge is 0.481 e. The van der Waals surface area contributed by atoms with Crippen molar-refractivity contribution in [2.45, 2.75) is 25.0 Å². The first-order valence-electron chi connectivity index (χ1n) is 6.65. The number of ketones is 1. The van der Waals surface area contributed by atoms with Gasteiger partial charge in [-0.25, -0.2) is 9.59 Å². The summed E-state index contributed by atoms with van der Waals surface area (Å²) in [6.45, 7) is 1.49. The minimum Gasteiger partial charge on any atom is -0.481 e. The van der Waals surface area contributed by atoms with Crippen LogP contribution in [0.3, 0.4) is 0 Å². The Labute approximate surface area is 137 Å². The number of carboxylic acids is 1. The van der Waals surface area contributed by atoms with Gasteiger partial charge in [-0.05, 0) is 30.8 Å². The molecule has 0 saturated heterocycles. The molecule has 1 aromatic carbocycles. The second-order valence-electron chi connectivity index (χ2n) is 4.46. The van der Waals surface area contributed by atoms with Crippen molar-refractivity contribution in [1.82, 2.24) is 0 Å². The molecular formula is C15H16O7S. The summed E-state index contributed by atoms with van der Waals surface area (Å²) >= 11 is 0.626. The molecule has 1 unspecified atom stereocenters. The Morgan fingerprint density at radius 3 is 2.43 bits per heavy atom. The number of carbonyl (C=O) groups is 4. The average Bonchev–Trinajstić information content (AvgIpc) is 2.52. The number of thioether (sulfide) groups is 1. The molecule has 0 aromatic heterocycles. The molecule has 1 atom stereocenters. The quantitative estimate of drug-likeness (QED) is 0.755. The van der Waals surface area contributed by atoms with E-state index in [1.54, 1.807) is 12.1 Å². The predicted octanol–water partition coefficient (Wildman–Crippen LogP) is 2.53. The molecule has 0 saturated carbocycles. The van der Waals surface area contributed by atoms with E-state index in [0.29, 0.717) is 11.8 Å². The van der Waals surface area contributed by atoms with E-state index in [9.17, 15) is 19.2 Å². The minimum absolute atomic E-state index is 0.0297. The van der Waals surface area contributed by atoms with Crippen LogP contribution in [0, 0.1) is 0 Å². The van der Waals surface area contributed by atoms with E-state index in [4.69, 9.17) is 9.84 Å². The van der Waals surface area contributed by atoms with E-state index in [0.717, 1.165) is 0 Å². The SMILES string of the molecule is COC(=O)c1ccccc1OC(=O)SC(C)C(=O)CCC(=O)O. The van der Waals surface area contributed by atoms with Gasteiger partial charge < -0.3 is 14.6 Å². The fourth-order valence-corrected chi connectivity index (χ4v) is 2.27. The van der Waals surface area contributed by atoms with Crippen LogP contribution in [0.5, 0.6) is 5.75 Å². The lowest BCUT2D eigenvalue weighted by Crippen LogP contribution is -2.18. The molecule has 8 heteroatoms. The van der Waals surface area contributed by atoms with E-state index in [2.05, 4.69) is 4.74 Å². The summed E-state index contributed by atoms with van der Waals surface area (Å²) in [4.78, 5) is 45.5. The molecular weight excluding hydrogens is 324 g/mol. The van der Waals surface area contributed by atoms with Gasteiger partial charge in [-0.15, -0.1) is 0 Å². The molecule has 0 amide bonds. The van der Waals surface area contributed by atoms with E-state index < -0.39 is 22.5 Å². The maximum atomic E-state index is 11.8. The van der Waals surface area contributed by atoms with E-state index in [1.807, 2.05) is 0 Å². The summed E-state index contributed by atoms with van der Waals surface area (Å²) in [5.74, 6) is -2.06. The van der Waals surface area contributed by atoms with Crippen molar-refractivity contribution in [2.75, 3.05) is 7.11 Å². The highest BCUT2D eigenvalue weighted by molar-refractivity contribution is 8.14. The van der Waals surface area contributed by atoms with E-state index in [-0.39, 0.29) is 29.9 Å². The van der Waals surface area contributed by atoms with Gasteiger partial charge in [0.2, 0.25) is 0 Å². The summed E-state index contributed by atoms with van der Waals surface area (Å²) in [5, 5.41) is 7.02. The lowest BCUT2D eigenvalue weighted by atomic mass is 10.2. The van der Waals surface area contributed by atoms with Gasteiger partial charge in [-0.3, -0.25) is 9.59 Å². The van der Waals surface area contributed by atoms with Crippen LogP contribution in [0.2, 0.25) is 0 Å². The molecule has 0 radical (unpaired) electrons. The average molecular weight is 340 g/mol. The zero-order chi connectivity index (χ0) is 17.4. The van der Waals surface area contributed by atoms with Crippen molar-refractivity contribution in [2.24, 2.45) is 0 Å². The molecule has 1 rings (SSSR count). The number of para-hydroxylation sites is 1. The molecule has 1 N–H and O–H groups in total. The highest BCUT2D eigenvalue weighted by atomic mass is 32.2. The molecule has 0 heterocycles. The van der Waals surface area contributed by atoms with Gasteiger partial charge in [0.15, 0.2) is 0 Å². The van der Waals surface area contributed by atoms with Crippen LogP contribution in [0.1, 0.15) is 30.1 Å². The number of hydrogen-bond donors (Lipinski definition) is 1. The lowest BCUT2D eigenvalue weighted by molar-refractivity contribution is -0.138. The molecule has 124 valence electrons. The molecule has 0 aliphatic carbocycles. The summed E-state index contributed by atoms with van der Waals surface area (Å²) in [7, 11) is 1.21. The summed E-state index contributed by atoms with van der Waals surface area (Å²) in [5.41, 5.74) is 0.0915. The molecule has 1 aromatic rings. The third kappa shape index (κ3) is 6.11. The fraction of sp³-hybridized carbons (Fsp3) is 0.333. The maximum absolute atomic E-state index is 11.8. The van der Waals surface area contributed by atoms with Gasteiger partial charge in [0.1, 0.15) is 17.1 Å². The summed E-state index contributed by atoms with van der Waals surface area (Å²) in [6.07, 6.45) is -0.445. The Kier molecular flexibility index (Phi) is 7.27. The fourth-order valence-electron chi connectivity index (χ4n) is 1.59. The Bertz CT molecular complexity index is 612. The van der Waals surface area contributed by atoms with Crippen LogP contribution in [0.25, 0.3) is 0 Å². The van der Waals surface area contributed by atoms with Crippen LogP contribution >= 0.6 is 11.8 Å². The number of hydrogen-bond acceptors (Lipinski definition) is 7. The van der Waals surface area contributed by atoms with Crippen molar-refractivity contribution in [3.63, 3.8) is 0 Å². The second-order valence-corrected chi connectivity index (χ2v) is 5.74. The third-order valence-electron chi connectivity index (χ3n) is 2.80. The first-order chi connectivity index (χ1) is 10.8. The van der Waals surface area contributed by atoms with Gasteiger partial charge in [-0.1, -0.05) is 12.1 Å². The smallest absolute Gasteiger partial charge is 0.373 e. The molecule has 7 nitrogen and oxygen atoms in total. The zero-order valence-corrected chi connectivity index (χ0v) is 13.4. The van der Waals surface area contributed by atoms with Crippen LogP contribution in [-0.2, 0) is 14.3 Å². The zero-order valence-electron chi connectivity index (χ0n) is 12.6. The number of benzene rings is 1. The number of carboxylic acid groups (broad SMARTS) is 1. The predicted molar refractivity (Wildman–Crippen MR) is 82.7 cm³/mol. The first kappa shape index (κ1) is 18.7. The van der Waals surface area contributed by atoms with Crippen LogP contribution in [0.4, 0.5) is 4.79 Å². The number of rotatable bonds is 7. The third-order valence-corrected chi connectivity index (χ3v) is 3.69. The number of Topliss-reactive ketones (excluding diaryl/α,β-unsaturated/α-hetero) is 1. The number of methoxy groups -OCH3 is 1. The number of ether oxygens (including phenoxy) is 2. The Hall–Kier alpha value is -2.35. The Balaban J connectivity index is 2.65.